The third-order valence-corrected chi connectivity index (χ3v) is 8.16. The Morgan fingerprint density at radius 1 is 1.04 bits per heavy atom. The molecular weight excluding hydrogens is 594 g/mol. The molecular formula is C31H34F2N4O8. The van der Waals surface area contributed by atoms with E-state index >= 15 is 8.78 Å². The summed E-state index contributed by atoms with van der Waals surface area (Å²) >= 11 is 0. The first-order valence-corrected chi connectivity index (χ1v) is 14.3. The summed E-state index contributed by atoms with van der Waals surface area (Å²) in [6.45, 7) is 5.06. The number of hydrogen-bond donors (Lipinski definition) is 1. The van der Waals surface area contributed by atoms with Gasteiger partial charge in [-0.1, -0.05) is 6.07 Å². The van der Waals surface area contributed by atoms with Crippen LogP contribution in [0.2, 0.25) is 0 Å². The average molecular weight is 629 g/mol. The molecule has 1 N–H and O–H groups in total. The number of nitrogens with zero attached hydrogens (tertiary/aromatic N) is 3. The molecule has 0 aliphatic carbocycles. The quantitative estimate of drug-likeness (QED) is 0.390. The first kappa shape index (κ1) is 31.7. The van der Waals surface area contributed by atoms with Crippen molar-refractivity contribution in [3.63, 3.8) is 0 Å². The van der Waals surface area contributed by atoms with Crippen molar-refractivity contribution in [2.24, 2.45) is 14.1 Å². The second kappa shape index (κ2) is 12.7. The first-order valence-electron chi connectivity index (χ1n) is 14.3. The monoisotopic (exact) mass is 628 g/mol. The number of ether oxygens (including phenoxy) is 4. The van der Waals surface area contributed by atoms with Crippen molar-refractivity contribution in [3.8, 4) is 22.6 Å². The van der Waals surface area contributed by atoms with Gasteiger partial charge in [-0.15, -0.1) is 0 Å². The minimum Gasteiger partial charge on any atom is -0.486 e. The predicted octanol–water partition coefficient (Wildman–Crippen LogP) is 1.85. The molecule has 3 aromatic rings. The molecule has 12 nitrogen and oxygen atoms in total. The van der Waals surface area contributed by atoms with Crippen LogP contribution < -0.4 is 30.9 Å². The first-order chi connectivity index (χ1) is 21.4. The van der Waals surface area contributed by atoms with Gasteiger partial charge in [-0.2, -0.15) is 0 Å². The maximum Gasteiger partial charge on any atom is 0.330 e. The number of halogens is 2. The van der Waals surface area contributed by atoms with Crippen LogP contribution in [-0.2, 0) is 34.8 Å². The second-order valence-corrected chi connectivity index (χ2v) is 10.9. The molecule has 14 heteroatoms. The van der Waals surface area contributed by atoms with Gasteiger partial charge in [-0.3, -0.25) is 14.2 Å². The van der Waals surface area contributed by atoms with Crippen LogP contribution in [-0.4, -0.2) is 73.2 Å². The van der Waals surface area contributed by atoms with Crippen molar-refractivity contribution in [2.45, 2.75) is 32.4 Å². The van der Waals surface area contributed by atoms with Gasteiger partial charge in [0.2, 0.25) is 0 Å². The topological polar surface area (TPSA) is 130 Å². The molecule has 2 aliphatic heterocycles. The van der Waals surface area contributed by atoms with Crippen molar-refractivity contribution >= 4 is 17.6 Å². The third kappa shape index (κ3) is 5.89. The van der Waals surface area contributed by atoms with Crippen LogP contribution in [0.15, 0.2) is 33.9 Å². The smallest absolute Gasteiger partial charge is 0.330 e. The van der Waals surface area contributed by atoms with Gasteiger partial charge in [-0.25, -0.2) is 18.4 Å². The molecule has 0 saturated carbocycles. The van der Waals surface area contributed by atoms with E-state index in [1.54, 1.807) is 31.0 Å². The summed E-state index contributed by atoms with van der Waals surface area (Å²) in [5.74, 6) is -3.74. The number of hydrogen-bond acceptors (Lipinski definition) is 9. The lowest BCUT2D eigenvalue weighted by Gasteiger charge is -2.35. The molecule has 5 rings (SSSR count). The molecule has 1 amide bonds. The van der Waals surface area contributed by atoms with Crippen molar-refractivity contribution < 1.29 is 37.3 Å². The summed E-state index contributed by atoms with van der Waals surface area (Å²) < 4.78 is 54.9. The number of amides is 1. The molecule has 240 valence electrons. The molecule has 1 aromatic heterocycles. The average Bonchev–Trinajstić information content (AvgIpc) is 3.02. The molecule has 0 bridgehead atoms. The normalized spacial score (nSPS) is 16.7. The van der Waals surface area contributed by atoms with Gasteiger partial charge in [0, 0.05) is 55.6 Å². The highest BCUT2D eigenvalue weighted by atomic mass is 19.1. The zero-order valence-electron chi connectivity index (χ0n) is 25.6. The highest BCUT2D eigenvalue weighted by Gasteiger charge is 2.31. The molecule has 0 spiro atoms. The van der Waals surface area contributed by atoms with E-state index < -0.39 is 46.4 Å². The lowest BCUT2D eigenvalue weighted by atomic mass is 9.97. The maximum absolute atomic E-state index is 15.2. The summed E-state index contributed by atoms with van der Waals surface area (Å²) in [7, 11) is 4.04. The van der Waals surface area contributed by atoms with Gasteiger partial charge in [0.1, 0.15) is 36.5 Å². The predicted molar refractivity (Wildman–Crippen MR) is 159 cm³/mol. The molecule has 1 saturated heterocycles. The third-order valence-electron chi connectivity index (χ3n) is 8.16. The van der Waals surface area contributed by atoms with Gasteiger partial charge >= 0.3 is 11.7 Å². The zero-order valence-corrected chi connectivity index (χ0v) is 25.6. The van der Waals surface area contributed by atoms with Crippen molar-refractivity contribution in [1.29, 1.82) is 0 Å². The minimum atomic E-state index is -1.37. The largest absolute Gasteiger partial charge is 0.486 e. The Morgan fingerprint density at radius 3 is 2.36 bits per heavy atom. The van der Waals surface area contributed by atoms with Gasteiger partial charge < -0.3 is 33.7 Å². The Balaban J connectivity index is 1.47. The fraction of sp³-hybridized carbons (Fsp3) is 0.419. The van der Waals surface area contributed by atoms with Crippen LogP contribution in [0.4, 0.5) is 14.5 Å². The Morgan fingerprint density at radius 2 is 1.71 bits per heavy atom. The Labute approximate surface area is 257 Å². The number of carbonyl (C=O) groups is 2. The van der Waals surface area contributed by atoms with E-state index in [9.17, 15) is 19.2 Å². The van der Waals surface area contributed by atoms with E-state index in [1.165, 1.54) is 11.6 Å². The van der Waals surface area contributed by atoms with E-state index in [1.807, 2.05) is 6.92 Å². The van der Waals surface area contributed by atoms with E-state index in [4.69, 9.17) is 18.9 Å². The number of anilines is 1. The molecule has 0 radical (unpaired) electrons. The van der Waals surface area contributed by atoms with E-state index in [0.717, 1.165) is 23.8 Å². The molecule has 2 aromatic carbocycles. The van der Waals surface area contributed by atoms with Crippen LogP contribution in [0.3, 0.4) is 0 Å². The van der Waals surface area contributed by atoms with Gasteiger partial charge in [-0.05, 0) is 32.0 Å². The van der Waals surface area contributed by atoms with Crippen LogP contribution in [0.1, 0.15) is 28.5 Å². The Bertz CT molecular complexity index is 1760. The number of methoxy groups -OCH3 is 1. The van der Waals surface area contributed by atoms with Gasteiger partial charge in [0.05, 0.1) is 25.9 Å². The van der Waals surface area contributed by atoms with E-state index in [2.05, 4.69) is 5.32 Å². The molecule has 1 fully saturated rings. The number of benzene rings is 2. The van der Waals surface area contributed by atoms with E-state index in [0.29, 0.717) is 36.6 Å². The van der Waals surface area contributed by atoms with Crippen LogP contribution >= 0.6 is 0 Å². The number of carbonyl (C=O) groups excluding carboxylic acids is 2. The molecule has 0 unspecified atom stereocenters. The Hall–Kier alpha value is -4.72. The van der Waals surface area contributed by atoms with Gasteiger partial charge in [0.25, 0.3) is 11.5 Å². The number of aromatic nitrogens is 2. The maximum atomic E-state index is 15.2. The number of nitrogens with one attached hydrogen (secondary N) is 1. The molecule has 2 atom stereocenters. The standard InChI is InChI=1S/C31H34F2N4O8/c1-16-15-43-9-8-37(16)19-13-21(32)25(22(33)14-19)28(38)34-23(30(40)42-5)12-18-6-7-20(27-26(18)44-10-11-45-27)24-17(2)35(3)31(41)36(4)29(24)39/h6-7,13-14,16,23H,8-12,15H2,1-5H3,(H,34,38)/t16-,23-/m0/s1. The number of morpholine rings is 1. The lowest BCUT2D eigenvalue weighted by Crippen LogP contribution is -2.44. The fourth-order valence-corrected chi connectivity index (χ4v) is 5.64. The number of rotatable bonds is 7. The van der Waals surface area contributed by atoms with Crippen molar-refractivity contribution in [3.05, 3.63) is 73.6 Å². The minimum absolute atomic E-state index is 0.120. The second-order valence-electron chi connectivity index (χ2n) is 10.9. The number of esters is 1. The SMILES string of the molecule is COC(=O)[C@H](Cc1ccc(-c2c(C)n(C)c(=O)n(C)c2=O)c2c1OCCO2)NC(=O)c1c(F)cc(N2CCOC[C@@H]2C)cc1F. The summed E-state index contributed by atoms with van der Waals surface area (Å²) in [6.07, 6.45) is -0.193. The zero-order chi connectivity index (χ0) is 32.6. The molecule has 45 heavy (non-hydrogen) atoms. The molecule has 2 aliphatic rings. The Kier molecular flexibility index (Phi) is 8.96. The lowest BCUT2D eigenvalue weighted by molar-refractivity contribution is -0.142. The van der Waals surface area contributed by atoms with Crippen LogP contribution in [0.25, 0.3) is 11.1 Å². The fourth-order valence-electron chi connectivity index (χ4n) is 5.64. The highest BCUT2D eigenvalue weighted by molar-refractivity contribution is 5.97. The summed E-state index contributed by atoms with van der Waals surface area (Å²) in [4.78, 5) is 53.4. The van der Waals surface area contributed by atoms with Crippen LogP contribution in [0.5, 0.6) is 11.5 Å². The van der Waals surface area contributed by atoms with Crippen molar-refractivity contribution in [1.82, 2.24) is 14.5 Å². The van der Waals surface area contributed by atoms with Gasteiger partial charge in [0.15, 0.2) is 11.5 Å². The summed E-state index contributed by atoms with van der Waals surface area (Å²) in [6, 6.07) is 3.86. The highest BCUT2D eigenvalue weighted by Crippen LogP contribution is 2.42. The van der Waals surface area contributed by atoms with E-state index in [-0.39, 0.29) is 48.4 Å². The van der Waals surface area contributed by atoms with Crippen molar-refractivity contribution in [2.75, 3.05) is 45.0 Å². The van der Waals surface area contributed by atoms with Crippen LogP contribution in [0, 0.1) is 18.6 Å². The summed E-state index contributed by atoms with van der Waals surface area (Å²) in [5.41, 5.74) is -0.172. The number of fused-ring (bicyclic) bond motifs is 1. The summed E-state index contributed by atoms with van der Waals surface area (Å²) in [5, 5.41) is 2.40. The molecule has 3 heterocycles.